The van der Waals surface area contributed by atoms with Crippen molar-refractivity contribution in [3.63, 3.8) is 0 Å². The molecule has 3 aromatic rings. The van der Waals surface area contributed by atoms with Crippen LogP contribution in [0.4, 0.5) is 0 Å². The highest BCUT2D eigenvalue weighted by Crippen LogP contribution is 2.22. The standard InChI is InChI=1S/C26H27N3O5S/c1-2-32-16-17-33-22-14-10-21(11-15-22)25(31)27-26(35)29-28-24(30)18-34-23-12-8-20(9-13-23)19-6-4-3-5-7-19/h3-15H,2,16-18H2,1H3,(H,28,30)(H2,27,29,31,35). The quantitative estimate of drug-likeness (QED) is 0.226. The van der Waals surface area contributed by atoms with Crippen LogP contribution in [0.25, 0.3) is 11.1 Å². The molecule has 0 atom stereocenters. The lowest BCUT2D eigenvalue weighted by molar-refractivity contribution is -0.123. The largest absolute Gasteiger partial charge is 0.491 e. The maximum absolute atomic E-state index is 12.3. The number of hydrazine groups is 1. The minimum absolute atomic E-state index is 0.0485. The molecule has 0 aliphatic heterocycles. The lowest BCUT2D eigenvalue weighted by Crippen LogP contribution is -2.49. The summed E-state index contributed by atoms with van der Waals surface area (Å²) in [5.41, 5.74) is 7.40. The first kappa shape index (κ1) is 25.7. The van der Waals surface area contributed by atoms with E-state index in [2.05, 4.69) is 16.2 Å². The van der Waals surface area contributed by atoms with E-state index in [1.165, 1.54) is 0 Å². The summed E-state index contributed by atoms with van der Waals surface area (Å²) in [5, 5.41) is 2.44. The fourth-order valence-electron chi connectivity index (χ4n) is 2.96. The molecule has 0 bridgehead atoms. The van der Waals surface area contributed by atoms with Gasteiger partial charge in [0.2, 0.25) is 0 Å². The Labute approximate surface area is 209 Å². The van der Waals surface area contributed by atoms with E-state index < -0.39 is 11.8 Å². The van der Waals surface area contributed by atoms with Crippen LogP contribution in [-0.4, -0.2) is 43.4 Å². The lowest BCUT2D eigenvalue weighted by Gasteiger charge is -2.12. The molecule has 0 fully saturated rings. The van der Waals surface area contributed by atoms with Gasteiger partial charge in [-0.3, -0.25) is 25.8 Å². The molecule has 0 aliphatic carbocycles. The van der Waals surface area contributed by atoms with Gasteiger partial charge in [0.1, 0.15) is 18.1 Å². The molecule has 0 unspecified atom stereocenters. The number of hydrogen-bond acceptors (Lipinski definition) is 6. The number of benzene rings is 3. The van der Waals surface area contributed by atoms with Crippen molar-refractivity contribution in [1.29, 1.82) is 0 Å². The fourth-order valence-corrected chi connectivity index (χ4v) is 3.10. The van der Waals surface area contributed by atoms with E-state index >= 15 is 0 Å². The van der Waals surface area contributed by atoms with Crippen LogP contribution in [-0.2, 0) is 9.53 Å². The Morgan fingerprint density at radius 3 is 2.09 bits per heavy atom. The number of ether oxygens (including phenoxy) is 3. The van der Waals surface area contributed by atoms with E-state index in [1.54, 1.807) is 36.4 Å². The zero-order valence-corrected chi connectivity index (χ0v) is 20.1. The van der Waals surface area contributed by atoms with Crippen LogP contribution in [0.3, 0.4) is 0 Å². The Bertz CT molecular complexity index is 1110. The average molecular weight is 494 g/mol. The van der Waals surface area contributed by atoms with Gasteiger partial charge in [-0.25, -0.2) is 0 Å². The van der Waals surface area contributed by atoms with E-state index in [-0.39, 0.29) is 11.7 Å². The van der Waals surface area contributed by atoms with Gasteiger partial charge in [0, 0.05) is 12.2 Å². The van der Waals surface area contributed by atoms with Crippen molar-refractivity contribution in [2.45, 2.75) is 6.92 Å². The monoisotopic (exact) mass is 493 g/mol. The molecule has 3 rings (SSSR count). The van der Waals surface area contributed by atoms with Crippen molar-refractivity contribution >= 4 is 29.1 Å². The normalized spacial score (nSPS) is 10.2. The Balaban J connectivity index is 1.36. The zero-order valence-electron chi connectivity index (χ0n) is 19.3. The van der Waals surface area contributed by atoms with Crippen LogP contribution in [0.5, 0.6) is 11.5 Å². The van der Waals surface area contributed by atoms with Crippen LogP contribution in [0, 0.1) is 0 Å². The second-order valence-corrected chi connectivity index (χ2v) is 7.61. The van der Waals surface area contributed by atoms with E-state index in [9.17, 15) is 9.59 Å². The molecule has 0 saturated heterocycles. The second kappa shape index (κ2) is 13.7. The second-order valence-electron chi connectivity index (χ2n) is 7.21. The molecule has 9 heteroatoms. The summed E-state index contributed by atoms with van der Waals surface area (Å²) in [6.07, 6.45) is 0. The predicted molar refractivity (Wildman–Crippen MR) is 137 cm³/mol. The summed E-state index contributed by atoms with van der Waals surface area (Å²) >= 11 is 5.06. The Kier molecular flexibility index (Phi) is 10.0. The third-order valence-corrected chi connectivity index (χ3v) is 4.90. The number of amides is 2. The van der Waals surface area contributed by atoms with Crippen LogP contribution in [0.15, 0.2) is 78.9 Å². The van der Waals surface area contributed by atoms with Gasteiger partial charge in [0.05, 0.1) is 6.61 Å². The van der Waals surface area contributed by atoms with Crippen molar-refractivity contribution in [2.24, 2.45) is 0 Å². The van der Waals surface area contributed by atoms with Gasteiger partial charge >= 0.3 is 0 Å². The Morgan fingerprint density at radius 2 is 1.40 bits per heavy atom. The summed E-state index contributed by atoms with van der Waals surface area (Å²) in [6, 6.07) is 24.0. The van der Waals surface area contributed by atoms with Gasteiger partial charge < -0.3 is 14.2 Å². The third-order valence-electron chi connectivity index (χ3n) is 4.69. The number of carbonyl (C=O) groups is 2. The van der Waals surface area contributed by atoms with E-state index in [0.29, 0.717) is 36.9 Å². The smallest absolute Gasteiger partial charge is 0.276 e. The Hall–Kier alpha value is -3.95. The molecular weight excluding hydrogens is 466 g/mol. The van der Waals surface area contributed by atoms with Crippen molar-refractivity contribution in [2.75, 3.05) is 26.4 Å². The molecule has 3 N–H and O–H groups in total. The lowest BCUT2D eigenvalue weighted by atomic mass is 10.1. The molecule has 35 heavy (non-hydrogen) atoms. The topological polar surface area (TPSA) is 97.9 Å². The summed E-state index contributed by atoms with van der Waals surface area (Å²) in [4.78, 5) is 24.4. The van der Waals surface area contributed by atoms with E-state index in [0.717, 1.165) is 11.1 Å². The molecule has 2 amide bonds. The molecule has 0 spiro atoms. The van der Waals surface area contributed by atoms with E-state index in [1.807, 2.05) is 49.4 Å². The molecule has 0 radical (unpaired) electrons. The molecular formula is C26H27N3O5S. The fraction of sp³-hybridized carbons (Fsp3) is 0.192. The summed E-state index contributed by atoms with van der Waals surface area (Å²) < 4.78 is 16.2. The summed E-state index contributed by atoms with van der Waals surface area (Å²) in [5.74, 6) is 0.305. The van der Waals surface area contributed by atoms with Crippen molar-refractivity contribution in [1.82, 2.24) is 16.2 Å². The van der Waals surface area contributed by atoms with Gasteiger partial charge in [-0.2, -0.15) is 0 Å². The van der Waals surface area contributed by atoms with Gasteiger partial charge in [-0.05, 0) is 66.7 Å². The molecule has 0 aliphatic rings. The van der Waals surface area contributed by atoms with Crippen LogP contribution in [0.2, 0.25) is 0 Å². The number of thiocarbonyl (C=S) groups is 1. The summed E-state index contributed by atoms with van der Waals surface area (Å²) in [7, 11) is 0. The maximum atomic E-state index is 12.3. The van der Waals surface area contributed by atoms with Crippen molar-refractivity contribution in [3.8, 4) is 22.6 Å². The van der Waals surface area contributed by atoms with Gasteiger partial charge in [0.15, 0.2) is 11.7 Å². The molecule has 3 aromatic carbocycles. The van der Waals surface area contributed by atoms with Gasteiger partial charge in [-0.15, -0.1) is 0 Å². The Morgan fingerprint density at radius 1 is 0.771 bits per heavy atom. The van der Waals surface area contributed by atoms with Crippen LogP contribution in [0.1, 0.15) is 17.3 Å². The third kappa shape index (κ3) is 8.73. The molecule has 182 valence electrons. The van der Waals surface area contributed by atoms with E-state index in [4.69, 9.17) is 26.4 Å². The number of rotatable bonds is 10. The maximum Gasteiger partial charge on any atom is 0.276 e. The minimum Gasteiger partial charge on any atom is -0.491 e. The molecule has 8 nitrogen and oxygen atoms in total. The summed E-state index contributed by atoms with van der Waals surface area (Å²) in [6.45, 7) is 3.25. The average Bonchev–Trinajstić information content (AvgIpc) is 2.90. The number of carbonyl (C=O) groups excluding carboxylic acids is 2. The van der Waals surface area contributed by atoms with Gasteiger partial charge in [-0.1, -0.05) is 42.5 Å². The predicted octanol–water partition coefficient (Wildman–Crippen LogP) is 3.48. The molecule has 0 saturated carbocycles. The number of hydrogen-bond donors (Lipinski definition) is 3. The first-order chi connectivity index (χ1) is 17.0. The van der Waals surface area contributed by atoms with Crippen molar-refractivity contribution < 1.29 is 23.8 Å². The highest BCUT2D eigenvalue weighted by molar-refractivity contribution is 7.80. The first-order valence-electron chi connectivity index (χ1n) is 11.0. The number of nitrogens with one attached hydrogen (secondary N) is 3. The minimum atomic E-state index is -0.456. The molecule has 0 aromatic heterocycles. The molecule has 0 heterocycles. The zero-order chi connectivity index (χ0) is 24.9. The SMILES string of the molecule is CCOCCOc1ccc(C(=O)NC(=S)NNC(=O)COc2ccc(-c3ccccc3)cc2)cc1. The first-order valence-corrected chi connectivity index (χ1v) is 11.4. The highest BCUT2D eigenvalue weighted by Gasteiger charge is 2.09. The highest BCUT2D eigenvalue weighted by atomic mass is 32.1. The van der Waals surface area contributed by atoms with Crippen LogP contribution < -0.4 is 25.6 Å². The van der Waals surface area contributed by atoms with Gasteiger partial charge in [0.25, 0.3) is 11.8 Å². The van der Waals surface area contributed by atoms with Crippen LogP contribution >= 0.6 is 12.2 Å². The van der Waals surface area contributed by atoms with Crippen molar-refractivity contribution in [3.05, 3.63) is 84.4 Å².